The Kier molecular flexibility index (Phi) is 6.03. The lowest BCUT2D eigenvalue weighted by atomic mass is 9.76. The molecule has 0 heterocycles. The minimum Gasteiger partial charge on any atom is -0.497 e. The molecule has 0 radical (unpaired) electrons. The van der Waals surface area contributed by atoms with E-state index in [1.165, 1.54) is 17.5 Å². The number of hydrogen-bond donors (Lipinski definition) is 3. The van der Waals surface area contributed by atoms with Crippen molar-refractivity contribution in [3.63, 3.8) is 0 Å². The van der Waals surface area contributed by atoms with Crippen molar-refractivity contribution in [2.24, 2.45) is 5.73 Å². The largest absolute Gasteiger partial charge is 0.497 e. The van der Waals surface area contributed by atoms with Gasteiger partial charge < -0.3 is 20.9 Å². The molecule has 0 spiro atoms. The zero-order chi connectivity index (χ0) is 15.1. The fourth-order valence-electron chi connectivity index (χ4n) is 3.27. The van der Waals surface area contributed by atoms with Crippen molar-refractivity contribution < 1.29 is 9.84 Å². The number of benzene rings is 1. The van der Waals surface area contributed by atoms with E-state index in [-0.39, 0.29) is 12.1 Å². The fourth-order valence-corrected chi connectivity index (χ4v) is 3.27. The van der Waals surface area contributed by atoms with Gasteiger partial charge in [-0.2, -0.15) is 0 Å². The van der Waals surface area contributed by atoms with Gasteiger partial charge in [-0.1, -0.05) is 6.07 Å². The Hall–Kier alpha value is -1.10. The quantitative estimate of drug-likeness (QED) is 0.641. The number of aryl methyl sites for hydroxylation is 1. The Morgan fingerprint density at radius 1 is 1.33 bits per heavy atom. The number of methoxy groups -OCH3 is 1. The van der Waals surface area contributed by atoms with Crippen molar-refractivity contribution in [2.45, 2.75) is 44.1 Å². The van der Waals surface area contributed by atoms with Gasteiger partial charge in [0, 0.05) is 13.2 Å². The molecular weight excluding hydrogens is 264 g/mol. The van der Waals surface area contributed by atoms with Crippen molar-refractivity contribution in [3.8, 4) is 5.75 Å². The Bertz CT molecular complexity index is 450. The average Bonchev–Trinajstić information content (AvgIpc) is 2.54. The van der Waals surface area contributed by atoms with Crippen LogP contribution in [-0.2, 0) is 12.0 Å². The molecule has 1 aliphatic rings. The highest BCUT2D eigenvalue weighted by Crippen LogP contribution is 2.36. The number of rotatable bonds is 8. The summed E-state index contributed by atoms with van der Waals surface area (Å²) in [7, 11) is 1.71. The predicted molar refractivity (Wildman–Crippen MR) is 85.6 cm³/mol. The van der Waals surface area contributed by atoms with Crippen LogP contribution in [0.5, 0.6) is 5.75 Å². The number of nitrogens with one attached hydrogen (secondary N) is 1. The van der Waals surface area contributed by atoms with Crippen LogP contribution in [0.15, 0.2) is 18.2 Å². The van der Waals surface area contributed by atoms with Crippen LogP contribution in [0.2, 0.25) is 0 Å². The maximum atomic E-state index is 8.84. The number of ether oxygens (including phenoxy) is 1. The standard InChI is InChI=1S/C17H28N2O2/c1-21-15-8-7-14-6-5-9-17(13-18,16(14)12-15)19-10-3-2-4-11-20/h7-8,12,19-20H,2-6,9-11,13,18H2,1H3. The van der Waals surface area contributed by atoms with Crippen molar-refractivity contribution >= 4 is 0 Å². The Balaban J connectivity index is 2.12. The summed E-state index contributed by atoms with van der Waals surface area (Å²) in [6.07, 6.45) is 6.36. The van der Waals surface area contributed by atoms with Gasteiger partial charge in [-0.25, -0.2) is 0 Å². The van der Waals surface area contributed by atoms with Crippen molar-refractivity contribution in [1.29, 1.82) is 0 Å². The number of nitrogens with two attached hydrogens (primary N) is 1. The lowest BCUT2D eigenvalue weighted by Crippen LogP contribution is -2.50. The van der Waals surface area contributed by atoms with E-state index in [4.69, 9.17) is 15.6 Å². The molecule has 1 aliphatic carbocycles. The topological polar surface area (TPSA) is 67.5 Å². The number of unbranched alkanes of at least 4 members (excludes halogenated alkanes) is 2. The van der Waals surface area contributed by atoms with Gasteiger partial charge in [0.15, 0.2) is 0 Å². The second kappa shape index (κ2) is 7.78. The summed E-state index contributed by atoms with van der Waals surface area (Å²) in [5, 5.41) is 12.5. The summed E-state index contributed by atoms with van der Waals surface area (Å²) in [5.74, 6) is 0.899. The van der Waals surface area contributed by atoms with Gasteiger partial charge in [0.25, 0.3) is 0 Å². The number of hydrogen-bond acceptors (Lipinski definition) is 4. The van der Waals surface area contributed by atoms with E-state index in [0.717, 1.165) is 44.4 Å². The summed E-state index contributed by atoms with van der Waals surface area (Å²) in [6, 6.07) is 6.35. The number of fused-ring (bicyclic) bond motifs is 1. The molecule has 0 saturated carbocycles. The maximum absolute atomic E-state index is 8.84. The van der Waals surface area contributed by atoms with E-state index in [0.29, 0.717) is 6.54 Å². The summed E-state index contributed by atoms with van der Waals surface area (Å²) in [4.78, 5) is 0. The lowest BCUT2D eigenvalue weighted by Gasteiger charge is -2.39. The van der Waals surface area contributed by atoms with E-state index < -0.39 is 0 Å². The van der Waals surface area contributed by atoms with Gasteiger partial charge in [0.2, 0.25) is 0 Å². The third-order valence-electron chi connectivity index (χ3n) is 4.53. The first-order chi connectivity index (χ1) is 10.3. The molecule has 1 atom stereocenters. The minimum atomic E-state index is -0.124. The third kappa shape index (κ3) is 3.76. The second-order valence-electron chi connectivity index (χ2n) is 5.87. The zero-order valence-electron chi connectivity index (χ0n) is 13.0. The average molecular weight is 292 g/mol. The van der Waals surface area contributed by atoms with Gasteiger partial charge in [0.1, 0.15) is 5.75 Å². The van der Waals surface area contributed by atoms with Crippen LogP contribution in [0, 0.1) is 0 Å². The van der Waals surface area contributed by atoms with Crippen molar-refractivity contribution in [1.82, 2.24) is 5.32 Å². The first kappa shape index (κ1) is 16.3. The van der Waals surface area contributed by atoms with Gasteiger partial charge >= 0.3 is 0 Å². The maximum Gasteiger partial charge on any atom is 0.119 e. The molecule has 4 nitrogen and oxygen atoms in total. The Morgan fingerprint density at radius 3 is 2.90 bits per heavy atom. The van der Waals surface area contributed by atoms with Gasteiger partial charge in [-0.3, -0.25) is 0 Å². The molecule has 1 aromatic carbocycles. The monoisotopic (exact) mass is 292 g/mol. The molecule has 1 aromatic rings. The lowest BCUT2D eigenvalue weighted by molar-refractivity contribution is 0.271. The highest BCUT2D eigenvalue weighted by atomic mass is 16.5. The summed E-state index contributed by atoms with van der Waals surface area (Å²) in [6.45, 7) is 1.82. The third-order valence-corrected chi connectivity index (χ3v) is 4.53. The van der Waals surface area contributed by atoms with Crippen LogP contribution < -0.4 is 15.8 Å². The van der Waals surface area contributed by atoms with Crippen LogP contribution in [-0.4, -0.2) is 31.9 Å². The SMILES string of the molecule is COc1ccc2c(c1)C(CN)(NCCCCCO)CCC2. The smallest absolute Gasteiger partial charge is 0.119 e. The van der Waals surface area contributed by atoms with Gasteiger partial charge in [-0.05, 0) is 68.3 Å². The molecule has 0 fully saturated rings. The molecule has 4 heteroatoms. The molecule has 21 heavy (non-hydrogen) atoms. The molecule has 0 aliphatic heterocycles. The molecule has 1 unspecified atom stereocenters. The van der Waals surface area contributed by atoms with Crippen LogP contribution in [0.1, 0.15) is 43.2 Å². The van der Waals surface area contributed by atoms with Crippen LogP contribution >= 0.6 is 0 Å². The highest BCUT2D eigenvalue weighted by molar-refractivity contribution is 5.42. The molecular formula is C17H28N2O2. The summed E-state index contributed by atoms with van der Waals surface area (Å²) < 4.78 is 5.38. The first-order valence-electron chi connectivity index (χ1n) is 7.99. The van der Waals surface area contributed by atoms with E-state index in [2.05, 4.69) is 17.4 Å². The number of aliphatic hydroxyl groups excluding tert-OH is 1. The highest BCUT2D eigenvalue weighted by Gasteiger charge is 2.35. The molecule has 0 aromatic heterocycles. The Morgan fingerprint density at radius 2 is 2.19 bits per heavy atom. The van der Waals surface area contributed by atoms with Crippen molar-refractivity contribution in [2.75, 3.05) is 26.8 Å². The van der Waals surface area contributed by atoms with Crippen molar-refractivity contribution in [3.05, 3.63) is 29.3 Å². The van der Waals surface area contributed by atoms with Gasteiger partial charge in [0.05, 0.1) is 12.6 Å². The van der Waals surface area contributed by atoms with Crippen LogP contribution in [0.25, 0.3) is 0 Å². The van der Waals surface area contributed by atoms with E-state index in [1.807, 2.05) is 6.07 Å². The zero-order valence-corrected chi connectivity index (χ0v) is 13.0. The molecule has 118 valence electrons. The summed E-state index contributed by atoms with van der Waals surface area (Å²) >= 11 is 0. The van der Waals surface area contributed by atoms with Crippen LogP contribution in [0.4, 0.5) is 0 Å². The van der Waals surface area contributed by atoms with Gasteiger partial charge in [-0.15, -0.1) is 0 Å². The second-order valence-corrected chi connectivity index (χ2v) is 5.87. The fraction of sp³-hybridized carbons (Fsp3) is 0.647. The first-order valence-corrected chi connectivity index (χ1v) is 7.99. The van der Waals surface area contributed by atoms with Crippen LogP contribution in [0.3, 0.4) is 0 Å². The van der Waals surface area contributed by atoms with E-state index >= 15 is 0 Å². The van der Waals surface area contributed by atoms with E-state index in [9.17, 15) is 0 Å². The Labute approximate surface area is 127 Å². The van der Waals surface area contributed by atoms with E-state index in [1.54, 1.807) is 7.11 Å². The molecule has 0 saturated heterocycles. The normalized spacial score (nSPS) is 21.1. The molecule has 2 rings (SSSR count). The minimum absolute atomic E-state index is 0.124. The predicted octanol–water partition coefficient (Wildman–Crippen LogP) is 1.94. The number of aliphatic hydroxyl groups is 1. The molecule has 0 bridgehead atoms. The molecule has 4 N–H and O–H groups in total. The molecule has 0 amide bonds. The summed E-state index contributed by atoms with van der Waals surface area (Å²) in [5.41, 5.74) is 8.71.